The van der Waals surface area contributed by atoms with Crippen molar-refractivity contribution in [1.82, 2.24) is 4.90 Å². The molecule has 1 aliphatic heterocycles. The van der Waals surface area contributed by atoms with Crippen LogP contribution in [0.1, 0.15) is 53.2 Å². The Morgan fingerprint density at radius 3 is 2.35 bits per heavy atom. The predicted octanol–water partition coefficient (Wildman–Crippen LogP) is 3.53. The number of esters is 1. The van der Waals surface area contributed by atoms with Crippen molar-refractivity contribution in [2.24, 2.45) is 0 Å². The Morgan fingerprint density at radius 1 is 0.941 bits per heavy atom. The quantitative estimate of drug-likeness (QED) is 0.622. The van der Waals surface area contributed by atoms with Gasteiger partial charge in [-0.2, -0.15) is 0 Å². The highest BCUT2D eigenvalue weighted by Crippen LogP contribution is 2.51. The van der Waals surface area contributed by atoms with Crippen LogP contribution in [0.3, 0.4) is 0 Å². The molecule has 180 valence electrons. The number of benzene rings is 1. The molecule has 0 unspecified atom stereocenters. The number of aryl methyl sites for hydroxylation is 1. The summed E-state index contributed by atoms with van der Waals surface area (Å²) >= 11 is 0. The molecule has 34 heavy (non-hydrogen) atoms. The molecule has 0 spiro atoms. The molecule has 2 aromatic rings. The molecule has 1 saturated heterocycles. The van der Waals surface area contributed by atoms with Crippen molar-refractivity contribution in [2.75, 3.05) is 35.0 Å². The second kappa shape index (κ2) is 9.75. The monoisotopic (exact) mass is 467 g/mol. The summed E-state index contributed by atoms with van der Waals surface area (Å²) in [5, 5.41) is 0. The Morgan fingerprint density at radius 2 is 1.71 bits per heavy atom. The third-order valence-corrected chi connectivity index (χ3v) is 6.65. The molecule has 0 radical (unpaired) electrons. The maximum absolute atomic E-state index is 13.1. The molecular weight excluding hydrogens is 438 g/mol. The van der Waals surface area contributed by atoms with E-state index in [9.17, 15) is 14.4 Å². The highest BCUT2D eigenvalue weighted by Gasteiger charge is 2.34. The molecule has 2 aliphatic rings. The molecule has 0 aromatic heterocycles. The van der Waals surface area contributed by atoms with E-state index in [1.807, 2.05) is 11.0 Å². The lowest BCUT2D eigenvalue weighted by Gasteiger charge is -2.35. The first kappa shape index (κ1) is 23.6. The summed E-state index contributed by atoms with van der Waals surface area (Å²) in [6.07, 6.45) is 3.50. The van der Waals surface area contributed by atoms with Gasteiger partial charge in [0.15, 0.2) is 16.9 Å². The fraction of sp³-hybridized carbons (Fsp3) is 0.423. The molecule has 0 saturated carbocycles. The molecule has 8 nitrogen and oxygen atoms in total. The summed E-state index contributed by atoms with van der Waals surface area (Å²) < 4.78 is 21.8. The molecule has 8 heteroatoms. The van der Waals surface area contributed by atoms with Gasteiger partial charge in [-0.25, -0.2) is 4.79 Å². The van der Waals surface area contributed by atoms with Crippen molar-refractivity contribution in [3.63, 3.8) is 0 Å². The van der Waals surface area contributed by atoms with Crippen LogP contribution < -0.4 is 19.6 Å². The number of amides is 1. The van der Waals surface area contributed by atoms with E-state index in [-0.39, 0.29) is 17.5 Å². The highest BCUT2D eigenvalue weighted by atomic mass is 16.5. The van der Waals surface area contributed by atoms with Gasteiger partial charge in [-0.3, -0.25) is 9.59 Å². The standard InChI is InChI=1S/C26H29NO7/c1-31-21-13-15-8-11-19(27-12-6-5-7-22(27)29)18-14-20(28)17(26(30)34-4)10-9-16(18)23(15)25(33-3)24(21)32-2/h9-10,13-14,19H,5-8,11-12H2,1-4H3/t19-/m0/s1. The molecule has 0 N–H and O–H groups in total. The molecule has 1 atom stereocenters. The average Bonchev–Trinajstić information content (AvgIpc) is 3.10. The molecule has 4 rings (SSSR count). The maximum atomic E-state index is 13.1. The summed E-state index contributed by atoms with van der Waals surface area (Å²) in [6.45, 7) is 0.625. The van der Waals surface area contributed by atoms with Crippen LogP contribution in [0.4, 0.5) is 0 Å². The Kier molecular flexibility index (Phi) is 6.77. The number of fused-ring (bicyclic) bond motifs is 3. The van der Waals surface area contributed by atoms with E-state index in [1.54, 1.807) is 20.3 Å². The number of hydrogen-bond acceptors (Lipinski definition) is 7. The van der Waals surface area contributed by atoms with Gasteiger partial charge >= 0.3 is 5.97 Å². The molecular formula is C26H29NO7. The number of hydrogen-bond donors (Lipinski definition) is 0. The number of likely N-dealkylation sites (tertiary alicyclic amines) is 1. The topological polar surface area (TPSA) is 91.4 Å². The Bertz CT molecular complexity index is 1190. The van der Waals surface area contributed by atoms with Gasteiger partial charge < -0.3 is 23.8 Å². The lowest BCUT2D eigenvalue weighted by atomic mass is 9.94. The zero-order valence-electron chi connectivity index (χ0n) is 19.9. The number of carbonyl (C=O) groups is 2. The largest absolute Gasteiger partial charge is 0.493 e. The normalized spacial score (nSPS) is 17.2. The average molecular weight is 468 g/mol. The van der Waals surface area contributed by atoms with Crippen LogP contribution in [-0.4, -0.2) is 51.8 Å². The van der Waals surface area contributed by atoms with Crippen LogP contribution in [0.15, 0.2) is 29.1 Å². The number of piperidine rings is 1. The van der Waals surface area contributed by atoms with Gasteiger partial charge in [0.25, 0.3) is 0 Å². The third kappa shape index (κ3) is 3.97. The summed E-state index contributed by atoms with van der Waals surface area (Å²) in [5.74, 6) is 0.807. The van der Waals surface area contributed by atoms with Gasteiger partial charge in [-0.15, -0.1) is 0 Å². The second-order valence-corrected chi connectivity index (χ2v) is 8.39. The number of methoxy groups -OCH3 is 4. The highest BCUT2D eigenvalue weighted by molar-refractivity contribution is 5.90. The molecule has 1 aliphatic carbocycles. The van der Waals surface area contributed by atoms with Crippen molar-refractivity contribution in [2.45, 2.75) is 38.1 Å². The van der Waals surface area contributed by atoms with Gasteiger partial charge in [0, 0.05) is 18.5 Å². The van der Waals surface area contributed by atoms with Gasteiger partial charge in [-0.05, 0) is 60.6 Å². The van der Waals surface area contributed by atoms with Crippen molar-refractivity contribution in [3.05, 3.63) is 51.2 Å². The summed E-state index contributed by atoms with van der Waals surface area (Å²) in [5.41, 5.74) is 2.57. The van der Waals surface area contributed by atoms with E-state index in [0.29, 0.717) is 54.2 Å². The van der Waals surface area contributed by atoms with E-state index in [1.165, 1.54) is 26.4 Å². The van der Waals surface area contributed by atoms with E-state index in [2.05, 4.69) is 0 Å². The third-order valence-electron chi connectivity index (χ3n) is 6.65. The van der Waals surface area contributed by atoms with Crippen LogP contribution in [0.25, 0.3) is 11.1 Å². The Balaban J connectivity index is 2.06. The zero-order chi connectivity index (χ0) is 24.4. The Labute approximate surface area is 198 Å². The van der Waals surface area contributed by atoms with Crippen molar-refractivity contribution in [1.29, 1.82) is 0 Å². The summed E-state index contributed by atoms with van der Waals surface area (Å²) in [6, 6.07) is 6.28. The van der Waals surface area contributed by atoms with Gasteiger partial charge in [0.05, 0.1) is 34.5 Å². The SMILES string of the molecule is COC(=O)c1ccc2c(cc1=O)[C@@H](N1CCCCC1=O)CCc1cc(OC)c(OC)c(OC)c1-2. The summed E-state index contributed by atoms with van der Waals surface area (Å²) in [7, 11) is 5.89. The number of carbonyl (C=O) groups excluding carboxylic acids is 2. The minimum Gasteiger partial charge on any atom is -0.493 e. The fourth-order valence-electron chi connectivity index (χ4n) is 5.05. The lowest BCUT2D eigenvalue weighted by Crippen LogP contribution is -2.38. The van der Waals surface area contributed by atoms with Crippen LogP contribution in [-0.2, 0) is 16.0 Å². The first-order valence-corrected chi connectivity index (χ1v) is 11.3. The number of ether oxygens (including phenoxy) is 4. The fourth-order valence-corrected chi connectivity index (χ4v) is 5.05. The summed E-state index contributed by atoms with van der Waals surface area (Å²) in [4.78, 5) is 40.2. The first-order valence-electron chi connectivity index (χ1n) is 11.3. The van der Waals surface area contributed by atoms with Crippen LogP contribution in [0.2, 0.25) is 0 Å². The van der Waals surface area contributed by atoms with E-state index in [0.717, 1.165) is 24.0 Å². The van der Waals surface area contributed by atoms with E-state index in [4.69, 9.17) is 18.9 Å². The van der Waals surface area contributed by atoms with Crippen LogP contribution in [0.5, 0.6) is 17.2 Å². The van der Waals surface area contributed by atoms with Gasteiger partial charge in [0.2, 0.25) is 11.7 Å². The predicted molar refractivity (Wildman–Crippen MR) is 126 cm³/mol. The Hall–Kier alpha value is -3.55. The minimum absolute atomic E-state index is 0.0692. The van der Waals surface area contributed by atoms with Crippen molar-refractivity contribution in [3.8, 4) is 28.4 Å². The number of rotatable bonds is 5. The lowest BCUT2D eigenvalue weighted by molar-refractivity contribution is -0.136. The molecule has 0 bridgehead atoms. The first-order chi connectivity index (χ1) is 16.4. The molecule has 1 heterocycles. The van der Waals surface area contributed by atoms with E-state index < -0.39 is 11.4 Å². The van der Waals surface area contributed by atoms with Gasteiger partial charge in [0.1, 0.15) is 5.56 Å². The molecule has 2 aromatic carbocycles. The smallest absolute Gasteiger partial charge is 0.341 e. The second-order valence-electron chi connectivity index (χ2n) is 8.39. The van der Waals surface area contributed by atoms with Crippen LogP contribution >= 0.6 is 0 Å². The zero-order valence-corrected chi connectivity index (χ0v) is 19.9. The molecule has 1 fully saturated rings. The van der Waals surface area contributed by atoms with Crippen LogP contribution in [0, 0.1) is 0 Å². The van der Waals surface area contributed by atoms with Crippen molar-refractivity contribution < 1.29 is 28.5 Å². The number of nitrogens with zero attached hydrogens (tertiary/aromatic N) is 1. The molecule has 1 amide bonds. The van der Waals surface area contributed by atoms with Crippen molar-refractivity contribution >= 4 is 11.9 Å². The minimum atomic E-state index is -0.708. The maximum Gasteiger partial charge on any atom is 0.341 e. The van der Waals surface area contributed by atoms with E-state index >= 15 is 0 Å². The van der Waals surface area contributed by atoms with Gasteiger partial charge in [-0.1, -0.05) is 6.07 Å².